The molecule has 10 heteroatoms. The highest BCUT2D eigenvalue weighted by molar-refractivity contribution is 7.46. The molecule has 2 saturated heterocycles. The summed E-state index contributed by atoms with van der Waals surface area (Å²) in [5.41, 5.74) is 1.90. The summed E-state index contributed by atoms with van der Waals surface area (Å²) < 4.78 is 27.4. The molecule has 3 aromatic carbocycles. The van der Waals surface area contributed by atoms with E-state index in [-0.39, 0.29) is 37.3 Å². The lowest BCUT2D eigenvalue weighted by Crippen LogP contribution is -2.38. The fourth-order valence-electron chi connectivity index (χ4n) is 6.18. The molecule has 3 aliphatic heterocycles. The zero-order valence-corrected chi connectivity index (χ0v) is 21.1. The molecule has 1 amide bonds. The molecule has 9 nitrogen and oxygen atoms in total. The van der Waals surface area contributed by atoms with E-state index in [2.05, 4.69) is 40.5 Å². The molecule has 0 aliphatic carbocycles. The molecule has 0 radical (unpaired) electrons. The average Bonchev–Trinajstić information content (AvgIpc) is 3.61. The maximum atomic E-state index is 13.8. The molecule has 0 unspecified atom stereocenters. The first kappa shape index (κ1) is 24.4. The molecule has 2 fully saturated rings. The van der Waals surface area contributed by atoms with E-state index in [1.54, 1.807) is 0 Å². The normalized spacial score (nSPS) is 24.9. The third-order valence-electron chi connectivity index (χ3n) is 7.75. The van der Waals surface area contributed by atoms with Crippen molar-refractivity contribution in [3.8, 4) is 11.5 Å². The first-order chi connectivity index (χ1) is 17.9. The van der Waals surface area contributed by atoms with Crippen molar-refractivity contribution < 1.29 is 33.1 Å². The Balaban J connectivity index is 1.31. The van der Waals surface area contributed by atoms with Gasteiger partial charge in [-0.05, 0) is 59.5 Å². The Morgan fingerprint density at radius 1 is 1.05 bits per heavy atom. The van der Waals surface area contributed by atoms with Crippen LogP contribution in [0.4, 0.5) is 0 Å². The van der Waals surface area contributed by atoms with Gasteiger partial charge in [0.25, 0.3) is 0 Å². The van der Waals surface area contributed by atoms with Crippen LogP contribution < -0.4 is 14.8 Å². The van der Waals surface area contributed by atoms with Gasteiger partial charge in [0.2, 0.25) is 12.7 Å². The van der Waals surface area contributed by atoms with Gasteiger partial charge < -0.3 is 24.6 Å². The quantitative estimate of drug-likeness (QED) is 0.400. The molecule has 0 saturated carbocycles. The van der Waals surface area contributed by atoms with Crippen LogP contribution in [0, 0.1) is 11.8 Å². The molecular formula is C27H29N2O7P. The average molecular weight is 525 g/mol. The third kappa shape index (κ3) is 4.85. The van der Waals surface area contributed by atoms with Gasteiger partial charge in [-0.1, -0.05) is 42.5 Å². The van der Waals surface area contributed by atoms with Crippen LogP contribution in [0.1, 0.15) is 30.0 Å². The largest absolute Gasteiger partial charge is 0.469 e. The lowest BCUT2D eigenvalue weighted by Gasteiger charge is -2.28. The van der Waals surface area contributed by atoms with Crippen molar-refractivity contribution in [1.29, 1.82) is 0 Å². The molecule has 3 N–H and O–H groups in total. The van der Waals surface area contributed by atoms with Gasteiger partial charge in [0, 0.05) is 24.5 Å². The van der Waals surface area contributed by atoms with E-state index in [1.165, 1.54) is 0 Å². The number of ether oxygens (including phenoxy) is 2. The summed E-state index contributed by atoms with van der Waals surface area (Å²) in [4.78, 5) is 35.0. The van der Waals surface area contributed by atoms with Crippen LogP contribution in [0.15, 0.2) is 60.7 Å². The maximum Gasteiger partial charge on any atom is 0.469 e. The summed E-state index contributed by atoms with van der Waals surface area (Å²) in [6.07, 6.45) is 1.82. The molecule has 3 aliphatic rings. The lowest BCUT2D eigenvalue weighted by atomic mass is 9.82. The second kappa shape index (κ2) is 9.74. The number of hydrogen-bond acceptors (Lipinski definition) is 6. The van der Waals surface area contributed by atoms with Gasteiger partial charge >= 0.3 is 7.82 Å². The summed E-state index contributed by atoms with van der Waals surface area (Å²) >= 11 is 0. The van der Waals surface area contributed by atoms with Gasteiger partial charge in [-0.25, -0.2) is 4.57 Å². The van der Waals surface area contributed by atoms with Gasteiger partial charge in [-0.3, -0.25) is 14.2 Å². The van der Waals surface area contributed by atoms with E-state index in [1.807, 2.05) is 30.3 Å². The molecule has 37 heavy (non-hydrogen) atoms. The smallest absolute Gasteiger partial charge is 0.454 e. The number of phosphoric ester groups is 1. The van der Waals surface area contributed by atoms with E-state index in [0.717, 1.165) is 41.3 Å². The number of amides is 1. The zero-order valence-electron chi connectivity index (χ0n) is 20.2. The van der Waals surface area contributed by atoms with Crippen molar-refractivity contribution in [2.24, 2.45) is 11.8 Å². The molecule has 6 rings (SSSR count). The van der Waals surface area contributed by atoms with Gasteiger partial charge in [0.05, 0.1) is 12.5 Å². The number of carbonyl (C=O) groups is 1. The second-order valence-corrected chi connectivity index (χ2v) is 11.1. The highest BCUT2D eigenvalue weighted by atomic mass is 31.2. The number of fused-ring (bicyclic) bond motifs is 3. The van der Waals surface area contributed by atoms with Crippen molar-refractivity contribution in [1.82, 2.24) is 10.2 Å². The Morgan fingerprint density at radius 2 is 1.86 bits per heavy atom. The number of phosphoric acid groups is 1. The van der Waals surface area contributed by atoms with Crippen LogP contribution in [-0.4, -0.2) is 46.6 Å². The fraction of sp³-hybridized carbons (Fsp3) is 0.370. The van der Waals surface area contributed by atoms with E-state index < -0.39 is 13.7 Å². The summed E-state index contributed by atoms with van der Waals surface area (Å²) in [7, 11) is -4.68. The van der Waals surface area contributed by atoms with Crippen LogP contribution in [0.2, 0.25) is 0 Å². The Morgan fingerprint density at radius 3 is 2.70 bits per heavy atom. The topological polar surface area (TPSA) is 118 Å². The van der Waals surface area contributed by atoms with Crippen LogP contribution in [-0.2, 0) is 20.4 Å². The number of carbonyl (C=O) groups excluding carboxylic acids is 1. The predicted octanol–water partition coefficient (Wildman–Crippen LogP) is 3.75. The van der Waals surface area contributed by atoms with Crippen LogP contribution in [0.5, 0.6) is 11.5 Å². The van der Waals surface area contributed by atoms with Crippen molar-refractivity contribution in [2.45, 2.75) is 31.5 Å². The predicted molar refractivity (Wildman–Crippen MR) is 136 cm³/mol. The first-order valence-corrected chi connectivity index (χ1v) is 14.0. The standard InChI is InChI=1S/C27H29N2O7P/c30-27(28-14-17-7-10-23-24(12-17)35-16-34-23)25-21(15-36-37(31,32)33)22-6-3-11-29(22)26(25)20-9-8-18-4-1-2-5-19(18)13-20/h1-2,4-5,7-10,12-13,21-22,25-26H,3,6,11,14-16H2,(H,28,30)(H2,31,32,33)/t21-,22-,25-,26-/m0/s1. The SMILES string of the molecule is O=C(NCc1ccc2c(c1)OCO2)[C@H]1[C@@H](COP(=O)(O)O)[C@@H]2CCCN2[C@H]1c1ccc2ccccc2c1. The molecule has 0 bridgehead atoms. The van der Waals surface area contributed by atoms with Crippen LogP contribution in [0.25, 0.3) is 10.8 Å². The summed E-state index contributed by atoms with van der Waals surface area (Å²) in [5.74, 6) is 0.271. The molecule has 4 atom stereocenters. The van der Waals surface area contributed by atoms with E-state index in [9.17, 15) is 19.1 Å². The van der Waals surface area contributed by atoms with Crippen LogP contribution >= 0.6 is 7.82 Å². The van der Waals surface area contributed by atoms with Gasteiger partial charge in [0.15, 0.2) is 11.5 Å². The van der Waals surface area contributed by atoms with Gasteiger partial charge in [0.1, 0.15) is 0 Å². The lowest BCUT2D eigenvalue weighted by molar-refractivity contribution is -0.127. The molecule has 194 valence electrons. The monoisotopic (exact) mass is 524 g/mol. The second-order valence-electron chi connectivity index (χ2n) is 9.88. The van der Waals surface area contributed by atoms with Gasteiger partial charge in [-0.2, -0.15) is 0 Å². The summed E-state index contributed by atoms with van der Waals surface area (Å²) in [6.45, 7) is 1.12. The minimum absolute atomic E-state index is 0.00399. The number of benzene rings is 3. The zero-order chi connectivity index (χ0) is 25.6. The van der Waals surface area contributed by atoms with Crippen molar-refractivity contribution in [2.75, 3.05) is 19.9 Å². The number of rotatable bonds is 7. The number of hydrogen-bond donors (Lipinski definition) is 3. The van der Waals surface area contributed by atoms with E-state index in [0.29, 0.717) is 18.0 Å². The Bertz CT molecular complexity index is 1380. The minimum atomic E-state index is -4.68. The summed E-state index contributed by atoms with van der Waals surface area (Å²) in [6, 6.07) is 19.7. The van der Waals surface area contributed by atoms with E-state index >= 15 is 0 Å². The molecule has 3 aromatic rings. The Hall–Kier alpha value is -2.94. The summed E-state index contributed by atoms with van der Waals surface area (Å²) in [5, 5.41) is 5.28. The number of nitrogens with zero attached hydrogens (tertiary/aromatic N) is 1. The van der Waals surface area contributed by atoms with Crippen molar-refractivity contribution >= 4 is 24.5 Å². The molecule has 3 heterocycles. The Labute approximate surface area is 214 Å². The fourth-order valence-corrected chi connectivity index (χ4v) is 6.55. The third-order valence-corrected chi connectivity index (χ3v) is 8.24. The molecule has 0 aromatic heterocycles. The van der Waals surface area contributed by atoms with Crippen LogP contribution in [0.3, 0.4) is 0 Å². The van der Waals surface area contributed by atoms with Gasteiger partial charge in [-0.15, -0.1) is 0 Å². The Kier molecular flexibility index (Phi) is 6.42. The minimum Gasteiger partial charge on any atom is -0.454 e. The molecule has 0 spiro atoms. The highest BCUT2D eigenvalue weighted by Crippen LogP contribution is 2.51. The maximum absolute atomic E-state index is 13.8. The first-order valence-electron chi connectivity index (χ1n) is 12.5. The highest BCUT2D eigenvalue weighted by Gasteiger charge is 2.54. The molecular weight excluding hydrogens is 495 g/mol. The van der Waals surface area contributed by atoms with Crippen molar-refractivity contribution in [3.05, 3.63) is 71.8 Å². The number of nitrogens with one attached hydrogen (secondary N) is 1. The van der Waals surface area contributed by atoms with Crippen molar-refractivity contribution in [3.63, 3.8) is 0 Å². The van der Waals surface area contributed by atoms with E-state index in [4.69, 9.17) is 14.0 Å².